The molecule has 106 valence electrons. The molecule has 1 saturated carbocycles. The van der Waals surface area contributed by atoms with E-state index in [-0.39, 0.29) is 0 Å². The first-order valence-corrected chi connectivity index (χ1v) is 7.86. The highest BCUT2D eigenvalue weighted by Crippen LogP contribution is 2.35. The Bertz CT molecular complexity index is 398. The van der Waals surface area contributed by atoms with Crippen LogP contribution >= 0.6 is 0 Å². The Morgan fingerprint density at radius 3 is 2.74 bits per heavy atom. The Labute approximate surface area is 116 Å². The summed E-state index contributed by atoms with van der Waals surface area (Å²) in [5, 5.41) is 3.61. The third-order valence-electron chi connectivity index (χ3n) is 4.88. The highest BCUT2D eigenvalue weighted by atomic mass is 16.3. The molecule has 3 nitrogen and oxygen atoms in total. The van der Waals surface area contributed by atoms with Crippen molar-refractivity contribution in [1.82, 2.24) is 10.2 Å². The summed E-state index contributed by atoms with van der Waals surface area (Å²) < 4.78 is 5.91. The number of rotatable bonds is 3. The van der Waals surface area contributed by atoms with Crippen LogP contribution in [0.3, 0.4) is 0 Å². The molecule has 0 bridgehead atoms. The Morgan fingerprint density at radius 2 is 2.00 bits per heavy atom. The summed E-state index contributed by atoms with van der Waals surface area (Å²) in [4.78, 5) is 2.68. The first kappa shape index (κ1) is 13.2. The average Bonchev–Trinajstić information content (AvgIpc) is 2.90. The maximum Gasteiger partial charge on any atom is 0.118 e. The van der Waals surface area contributed by atoms with Gasteiger partial charge in [-0.2, -0.15) is 0 Å². The molecule has 2 heterocycles. The van der Waals surface area contributed by atoms with Crippen molar-refractivity contribution in [1.29, 1.82) is 0 Å². The van der Waals surface area contributed by atoms with Gasteiger partial charge in [-0.05, 0) is 25.0 Å². The molecule has 1 aromatic rings. The largest absolute Gasteiger partial charge is 0.465 e. The van der Waals surface area contributed by atoms with Gasteiger partial charge >= 0.3 is 0 Å². The zero-order valence-electron chi connectivity index (χ0n) is 12.1. The lowest BCUT2D eigenvalue weighted by molar-refractivity contribution is 0.0158. The van der Waals surface area contributed by atoms with E-state index in [9.17, 15) is 0 Å². The zero-order valence-corrected chi connectivity index (χ0v) is 12.1. The molecule has 1 aromatic heterocycles. The molecular weight excluding hydrogens is 236 g/mol. The lowest BCUT2D eigenvalue weighted by atomic mass is 9.79. The predicted molar refractivity (Wildman–Crippen MR) is 77.2 cm³/mol. The Kier molecular flexibility index (Phi) is 3.94. The second-order valence-corrected chi connectivity index (χ2v) is 6.10. The number of nitrogens with one attached hydrogen (secondary N) is 1. The van der Waals surface area contributed by atoms with Crippen LogP contribution in [0, 0.1) is 0 Å². The van der Waals surface area contributed by atoms with Crippen molar-refractivity contribution in [2.24, 2.45) is 0 Å². The first-order chi connectivity index (χ1) is 9.32. The van der Waals surface area contributed by atoms with Gasteiger partial charge in [0.25, 0.3) is 0 Å². The lowest BCUT2D eigenvalue weighted by Gasteiger charge is -2.49. The summed E-state index contributed by atoms with van der Waals surface area (Å²) >= 11 is 0. The smallest absolute Gasteiger partial charge is 0.118 e. The fourth-order valence-corrected chi connectivity index (χ4v) is 3.72. The fraction of sp³-hybridized carbons (Fsp3) is 0.750. The second kappa shape index (κ2) is 5.68. The van der Waals surface area contributed by atoms with Gasteiger partial charge in [-0.25, -0.2) is 0 Å². The molecule has 0 radical (unpaired) electrons. The quantitative estimate of drug-likeness (QED) is 0.908. The Balaban J connectivity index is 1.73. The zero-order chi connectivity index (χ0) is 13.1. The minimum absolute atomic E-state index is 0.398. The molecule has 1 N–H and O–H groups in total. The first-order valence-electron chi connectivity index (χ1n) is 7.86. The van der Waals surface area contributed by atoms with Gasteiger partial charge < -0.3 is 9.73 Å². The highest BCUT2D eigenvalue weighted by Gasteiger charge is 2.39. The van der Waals surface area contributed by atoms with Crippen LogP contribution in [-0.2, 0) is 13.0 Å². The van der Waals surface area contributed by atoms with Gasteiger partial charge in [0.2, 0.25) is 0 Å². The predicted octanol–water partition coefficient (Wildman–Crippen LogP) is 2.95. The van der Waals surface area contributed by atoms with Crippen molar-refractivity contribution < 1.29 is 4.42 Å². The van der Waals surface area contributed by atoms with Crippen molar-refractivity contribution >= 4 is 0 Å². The van der Waals surface area contributed by atoms with Crippen LogP contribution in [0.2, 0.25) is 0 Å². The Hall–Kier alpha value is -0.800. The molecule has 2 aliphatic rings. The van der Waals surface area contributed by atoms with E-state index in [1.165, 1.54) is 32.1 Å². The van der Waals surface area contributed by atoms with Gasteiger partial charge in [0.1, 0.15) is 11.5 Å². The summed E-state index contributed by atoms with van der Waals surface area (Å²) in [6.07, 6.45) is 7.87. The Morgan fingerprint density at radius 1 is 1.21 bits per heavy atom. The van der Waals surface area contributed by atoms with Crippen LogP contribution < -0.4 is 5.32 Å². The molecule has 2 fully saturated rings. The van der Waals surface area contributed by atoms with E-state index in [0.717, 1.165) is 44.1 Å². The normalized spacial score (nSPS) is 23.8. The number of hydrogen-bond donors (Lipinski definition) is 1. The van der Waals surface area contributed by atoms with E-state index >= 15 is 0 Å². The summed E-state index contributed by atoms with van der Waals surface area (Å²) in [7, 11) is 0. The second-order valence-electron chi connectivity index (χ2n) is 6.10. The number of nitrogens with zero attached hydrogens (tertiary/aromatic N) is 1. The number of hydrogen-bond acceptors (Lipinski definition) is 3. The molecule has 1 aliphatic heterocycles. The lowest BCUT2D eigenvalue weighted by Crippen LogP contribution is -2.61. The van der Waals surface area contributed by atoms with Crippen molar-refractivity contribution in [3.05, 3.63) is 23.7 Å². The molecule has 0 aromatic carbocycles. The van der Waals surface area contributed by atoms with E-state index in [1.54, 1.807) is 0 Å². The maximum atomic E-state index is 5.91. The minimum Gasteiger partial charge on any atom is -0.465 e. The molecule has 3 rings (SSSR count). The highest BCUT2D eigenvalue weighted by molar-refractivity contribution is 5.09. The van der Waals surface area contributed by atoms with Gasteiger partial charge in [0.15, 0.2) is 0 Å². The fourth-order valence-electron chi connectivity index (χ4n) is 3.72. The van der Waals surface area contributed by atoms with Crippen molar-refractivity contribution in [2.45, 2.75) is 57.5 Å². The molecule has 1 saturated heterocycles. The number of aryl methyl sites for hydroxylation is 1. The van der Waals surface area contributed by atoms with Gasteiger partial charge in [-0.3, -0.25) is 4.90 Å². The summed E-state index contributed by atoms with van der Waals surface area (Å²) in [6, 6.07) is 4.29. The molecule has 0 atom stereocenters. The molecule has 0 amide bonds. The molecule has 1 aliphatic carbocycles. The van der Waals surface area contributed by atoms with Gasteiger partial charge in [-0.15, -0.1) is 0 Å². The van der Waals surface area contributed by atoms with Crippen molar-refractivity contribution in [3.8, 4) is 0 Å². The van der Waals surface area contributed by atoms with Gasteiger partial charge in [0.05, 0.1) is 6.54 Å². The van der Waals surface area contributed by atoms with Crippen LogP contribution in [0.25, 0.3) is 0 Å². The van der Waals surface area contributed by atoms with Crippen molar-refractivity contribution in [3.63, 3.8) is 0 Å². The maximum absolute atomic E-state index is 5.91. The number of piperazine rings is 1. The van der Waals surface area contributed by atoms with Crippen LogP contribution in [0.15, 0.2) is 16.5 Å². The third-order valence-corrected chi connectivity index (χ3v) is 4.88. The van der Waals surface area contributed by atoms with E-state index in [0.29, 0.717) is 5.54 Å². The molecule has 0 unspecified atom stereocenters. The van der Waals surface area contributed by atoms with Crippen LogP contribution in [0.5, 0.6) is 0 Å². The van der Waals surface area contributed by atoms with Crippen LogP contribution in [0.4, 0.5) is 0 Å². The third kappa shape index (κ3) is 2.72. The summed E-state index contributed by atoms with van der Waals surface area (Å²) in [5.41, 5.74) is 0.398. The van der Waals surface area contributed by atoms with Gasteiger partial charge in [-0.1, -0.05) is 26.2 Å². The van der Waals surface area contributed by atoms with E-state index in [1.807, 2.05) is 0 Å². The van der Waals surface area contributed by atoms with Crippen molar-refractivity contribution in [2.75, 3.05) is 19.6 Å². The number of furan rings is 1. The summed E-state index contributed by atoms with van der Waals surface area (Å²) in [6.45, 7) is 6.57. The molecular formula is C16H26N2O. The van der Waals surface area contributed by atoms with E-state index in [2.05, 4.69) is 29.3 Å². The van der Waals surface area contributed by atoms with E-state index < -0.39 is 0 Å². The average molecular weight is 262 g/mol. The minimum atomic E-state index is 0.398. The molecule has 19 heavy (non-hydrogen) atoms. The van der Waals surface area contributed by atoms with Crippen LogP contribution in [0.1, 0.15) is 50.5 Å². The topological polar surface area (TPSA) is 28.4 Å². The van der Waals surface area contributed by atoms with E-state index in [4.69, 9.17) is 4.42 Å². The SMILES string of the molecule is CCc1ccc(CN2CCNCC23CCCCC3)o1. The monoisotopic (exact) mass is 262 g/mol. The standard InChI is InChI=1S/C16H26N2O/c1-2-14-6-7-15(19-14)12-18-11-10-17-13-16(18)8-4-3-5-9-16/h6-7,17H,2-5,8-13H2,1H3. The van der Waals surface area contributed by atoms with Crippen LogP contribution in [-0.4, -0.2) is 30.1 Å². The molecule has 1 spiro atoms. The molecule has 3 heteroatoms. The van der Waals surface area contributed by atoms with Gasteiger partial charge in [0, 0.05) is 31.6 Å². The summed E-state index contributed by atoms with van der Waals surface area (Å²) in [5.74, 6) is 2.26.